The van der Waals surface area contributed by atoms with Crippen molar-refractivity contribution in [1.82, 2.24) is 19.7 Å². The highest BCUT2D eigenvalue weighted by molar-refractivity contribution is 5.78. The van der Waals surface area contributed by atoms with E-state index in [2.05, 4.69) is 30.2 Å². The summed E-state index contributed by atoms with van der Waals surface area (Å²) in [4.78, 5) is 19.2. The van der Waals surface area contributed by atoms with Crippen LogP contribution in [0.15, 0.2) is 55.0 Å². The number of carbonyl (C=O) groups excluding carboxylic acids is 1. The first-order valence-corrected chi connectivity index (χ1v) is 9.91. The smallest absolute Gasteiger partial charge is 0.223 e. The third kappa shape index (κ3) is 3.70. The van der Waals surface area contributed by atoms with Gasteiger partial charge in [-0.05, 0) is 48.9 Å². The summed E-state index contributed by atoms with van der Waals surface area (Å²) in [6, 6.07) is 12.3. The van der Waals surface area contributed by atoms with Crippen molar-refractivity contribution < 1.29 is 4.79 Å². The summed E-state index contributed by atoms with van der Waals surface area (Å²) in [6.07, 6.45) is 9.05. The number of hydrogen-bond acceptors (Lipinski definition) is 3. The molecule has 0 aliphatic carbocycles. The van der Waals surface area contributed by atoms with Gasteiger partial charge in [0.25, 0.3) is 0 Å². The minimum absolute atomic E-state index is 0.0482. The van der Waals surface area contributed by atoms with Crippen molar-refractivity contribution in [2.45, 2.75) is 38.6 Å². The molecule has 2 aromatic heterocycles. The lowest BCUT2D eigenvalue weighted by atomic mass is 9.98. The molecule has 1 aliphatic rings. The number of aryl methyl sites for hydroxylation is 3. The molecule has 1 fully saturated rings. The minimum Gasteiger partial charge on any atom is -0.334 e. The summed E-state index contributed by atoms with van der Waals surface area (Å²) >= 11 is 0. The summed E-state index contributed by atoms with van der Waals surface area (Å²) in [5, 5.41) is 4.76. The second kappa shape index (κ2) is 7.97. The summed E-state index contributed by atoms with van der Waals surface area (Å²) < 4.78 is 1.86. The molecule has 0 spiro atoms. The van der Waals surface area contributed by atoms with Crippen LogP contribution < -0.4 is 0 Å². The fraction of sp³-hybridized carbons (Fsp3) is 0.348. The average molecular weight is 374 g/mol. The summed E-state index contributed by atoms with van der Waals surface area (Å²) in [6.45, 7) is 2.88. The highest BCUT2D eigenvalue weighted by Crippen LogP contribution is 2.38. The van der Waals surface area contributed by atoms with Gasteiger partial charge in [0.2, 0.25) is 5.91 Å². The molecule has 3 aromatic rings. The Hall–Kier alpha value is -2.95. The van der Waals surface area contributed by atoms with Crippen molar-refractivity contribution in [2.75, 3.05) is 6.54 Å². The number of likely N-dealkylation sites (tertiary alicyclic amines) is 1. The van der Waals surface area contributed by atoms with Crippen LogP contribution in [-0.2, 0) is 18.3 Å². The van der Waals surface area contributed by atoms with Crippen molar-refractivity contribution in [2.24, 2.45) is 7.05 Å². The molecule has 0 radical (unpaired) electrons. The average Bonchev–Trinajstić information content (AvgIpc) is 3.34. The number of pyridine rings is 1. The van der Waals surface area contributed by atoms with Crippen molar-refractivity contribution in [1.29, 1.82) is 0 Å². The molecule has 4 rings (SSSR count). The van der Waals surface area contributed by atoms with E-state index >= 15 is 0 Å². The molecule has 1 atom stereocenters. The van der Waals surface area contributed by atoms with Gasteiger partial charge < -0.3 is 4.90 Å². The van der Waals surface area contributed by atoms with Gasteiger partial charge in [-0.25, -0.2) is 0 Å². The molecular formula is C23H26N4O. The third-order valence-electron chi connectivity index (χ3n) is 5.53. The zero-order chi connectivity index (χ0) is 19.5. The standard InChI is InChI=1S/C23H26N4O/c1-17-15-24-13-12-19(17)20-16-26(2)25-23(20)21-9-6-14-27(21)22(28)11-10-18-7-4-3-5-8-18/h3-5,7-8,12-13,15-16,21H,6,9-11,14H2,1-2H3/t21-/m1/s1. The number of carbonyl (C=O) groups is 1. The maximum absolute atomic E-state index is 13.0. The van der Waals surface area contributed by atoms with Gasteiger partial charge in [-0.15, -0.1) is 0 Å². The van der Waals surface area contributed by atoms with Gasteiger partial charge in [-0.1, -0.05) is 30.3 Å². The first-order valence-electron chi connectivity index (χ1n) is 9.91. The normalized spacial score (nSPS) is 16.5. The lowest BCUT2D eigenvalue weighted by Crippen LogP contribution is -2.31. The number of nitrogens with zero attached hydrogens (tertiary/aromatic N) is 4. The number of hydrogen-bond donors (Lipinski definition) is 0. The largest absolute Gasteiger partial charge is 0.334 e. The van der Waals surface area contributed by atoms with E-state index < -0.39 is 0 Å². The van der Waals surface area contributed by atoms with Crippen LogP contribution >= 0.6 is 0 Å². The molecule has 0 bridgehead atoms. The Morgan fingerprint density at radius 2 is 2.00 bits per heavy atom. The van der Waals surface area contributed by atoms with E-state index in [4.69, 9.17) is 5.10 Å². The fourth-order valence-electron chi connectivity index (χ4n) is 4.12. The molecule has 1 saturated heterocycles. The lowest BCUT2D eigenvalue weighted by Gasteiger charge is -2.24. The van der Waals surface area contributed by atoms with Gasteiger partial charge in [0.05, 0.1) is 11.7 Å². The molecule has 0 saturated carbocycles. The van der Waals surface area contributed by atoms with Gasteiger partial charge in [0.15, 0.2) is 0 Å². The van der Waals surface area contributed by atoms with Crippen LogP contribution in [0.3, 0.4) is 0 Å². The van der Waals surface area contributed by atoms with Crippen LogP contribution in [-0.4, -0.2) is 32.1 Å². The monoisotopic (exact) mass is 374 g/mol. The summed E-state index contributed by atoms with van der Waals surface area (Å²) in [7, 11) is 1.94. The van der Waals surface area contributed by atoms with Crippen LogP contribution in [0.5, 0.6) is 0 Å². The van der Waals surface area contributed by atoms with E-state index in [0.717, 1.165) is 48.2 Å². The Morgan fingerprint density at radius 3 is 2.79 bits per heavy atom. The zero-order valence-corrected chi connectivity index (χ0v) is 16.5. The van der Waals surface area contributed by atoms with Crippen LogP contribution in [0.4, 0.5) is 0 Å². The highest BCUT2D eigenvalue weighted by atomic mass is 16.2. The second-order valence-corrected chi connectivity index (χ2v) is 7.52. The number of aromatic nitrogens is 3. The maximum atomic E-state index is 13.0. The van der Waals surface area contributed by atoms with Crippen molar-refractivity contribution in [3.8, 4) is 11.1 Å². The van der Waals surface area contributed by atoms with E-state index in [-0.39, 0.29) is 11.9 Å². The Kier molecular flexibility index (Phi) is 5.24. The van der Waals surface area contributed by atoms with Crippen LogP contribution in [0.25, 0.3) is 11.1 Å². The Morgan fingerprint density at radius 1 is 1.18 bits per heavy atom. The third-order valence-corrected chi connectivity index (χ3v) is 5.53. The first kappa shape index (κ1) is 18.4. The molecular weight excluding hydrogens is 348 g/mol. The van der Waals surface area contributed by atoms with Crippen molar-refractivity contribution >= 4 is 5.91 Å². The van der Waals surface area contributed by atoms with E-state index in [1.165, 1.54) is 5.56 Å². The molecule has 1 amide bonds. The van der Waals surface area contributed by atoms with Gasteiger partial charge in [0.1, 0.15) is 0 Å². The Labute approximate surface area is 166 Å². The van der Waals surface area contributed by atoms with Gasteiger partial charge in [-0.2, -0.15) is 5.10 Å². The molecule has 3 heterocycles. The minimum atomic E-state index is 0.0482. The number of amides is 1. The molecule has 0 unspecified atom stereocenters. The highest BCUT2D eigenvalue weighted by Gasteiger charge is 2.33. The SMILES string of the molecule is Cc1cnccc1-c1cn(C)nc1[C@H]1CCCN1C(=O)CCc1ccccc1. The molecule has 1 aliphatic heterocycles. The fourth-order valence-corrected chi connectivity index (χ4v) is 4.12. The first-order chi connectivity index (χ1) is 13.6. The molecule has 1 aromatic carbocycles. The van der Waals surface area contributed by atoms with Gasteiger partial charge in [-0.3, -0.25) is 14.5 Å². The van der Waals surface area contributed by atoms with E-state index in [0.29, 0.717) is 6.42 Å². The number of benzene rings is 1. The predicted molar refractivity (Wildman–Crippen MR) is 110 cm³/mol. The second-order valence-electron chi connectivity index (χ2n) is 7.52. The Bertz CT molecular complexity index is 964. The summed E-state index contributed by atoms with van der Waals surface area (Å²) in [5.74, 6) is 0.217. The molecule has 5 nitrogen and oxygen atoms in total. The van der Waals surface area contributed by atoms with Crippen LogP contribution in [0.1, 0.15) is 42.1 Å². The molecule has 144 valence electrons. The van der Waals surface area contributed by atoms with Gasteiger partial charge >= 0.3 is 0 Å². The van der Waals surface area contributed by atoms with Crippen molar-refractivity contribution in [3.05, 3.63) is 71.8 Å². The Balaban J connectivity index is 1.57. The zero-order valence-electron chi connectivity index (χ0n) is 16.5. The van der Waals surface area contributed by atoms with Crippen molar-refractivity contribution in [3.63, 3.8) is 0 Å². The van der Waals surface area contributed by atoms with E-state index in [9.17, 15) is 4.79 Å². The van der Waals surface area contributed by atoms with Gasteiger partial charge in [0, 0.05) is 44.2 Å². The van der Waals surface area contributed by atoms with E-state index in [1.54, 1.807) is 0 Å². The number of rotatable bonds is 5. The summed E-state index contributed by atoms with van der Waals surface area (Å²) in [5.41, 5.74) is 5.58. The predicted octanol–water partition coefficient (Wildman–Crippen LogP) is 4.09. The van der Waals surface area contributed by atoms with Crippen LogP contribution in [0, 0.1) is 6.92 Å². The lowest BCUT2D eigenvalue weighted by molar-refractivity contribution is -0.132. The van der Waals surface area contributed by atoms with E-state index in [1.807, 2.05) is 53.3 Å². The maximum Gasteiger partial charge on any atom is 0.223 e. The van der Waals surface area contributed by atoms with Crippen LogP contribution in [0.2, 0.25) is 0 Å². The topological polar surface area (TPSA) is 51.0 Å². The molecule has 28 heavy (non-hydrogen) atoms. The molecule has 0 N–H and O–H groups in total. The molecule has 5 heteroatoms. The quantitative estimate of drug-likeness (QED) is 0.676.